The average molecular weight is 413 g/mol. The van der Waals surface area contributed by atoms with Crippen LogP contribution in [0.2, 0.25) is 0 Å². The molecule has 0 saturated heterocycles. The quantitative estimate of drug-likeness (QED) is 0.493. The van der Waals surface area contributed by atoms with E-state index in [0.717, 1.165) is 38.0 Å². The van der Waals surface area contributed by atoms with Crippen LogP contribution in [0.1, 0.15) is 73.9 Å². The SMILES string of the molecule is C=C(c1ccc(CN2C=NCCC2)cc1)c1cc2c(cc1C)C(C)(CC)C=CC2(C)C. The molecular formula is C29H36N2. The number of rotatable bonds is 5. The second-order valence-electron chi connectivity index (χ2n) is 10.1. The van der Waals surface area contributed by atoms with Crippen molar-refractivity contribution < 1.29 is 0 Å². The van der Waals surface area contributed by atoms with Crippen LogP contribution in [0, 0.1) is 6.92 Å². The van der Waals surface area contributed by atoms with Crippen molar-refractivity contribution in [3.05, 3.63) is 88.5 Å². The number of nitrogens with zero attached hydrogens (tertiary/aromatic N) is 2. The lowest BCUT2D eigenvalue weighted by molar-refractivity contribution is 0.401. The lowest BCUT2D eigenvalue weighted by Crippen LogP contribution is -2.31. The average Bonchev–Trinajstić information content (AvgIpc) is 2.77. The summed E-state index contributed by atoms with van der Waals surface area (Å²) < 4.78 is 0. The van der Waals surface area contributed by atoms with Crippen LogP contribution in [-0.4, -0.2) is 24.3 Å². The smallest absolute Gasteiger partial charge is 0.0852 e. The molecule has 4 rings (SSSR count). The second kappa shape index (κ2) is 8.15. The summed E-state index contributed by atoms with van der Waals surface area (Å²) in [4.78, 5) is 6.69. The largest absolute Gasteiger partial charge is 0.359 e. The van der Waals surface area contributed by atoms with E-state index in [9.17, 15) is 0 Å². The first-order valence-electron chi connectivity index (χ1n) is 11.6. The van der Waals surface area contributed by atoms with Gasteiger partial charge in [0.1, 0.15) is 0 Å². The van der Waals surface area contributed by atoms with Crippen LogP contribution in [0.5, 0.6) is 0 Å². The topological polar surface area (TPSA) is 15.6 Å². The molecule has 2 heteroatoms. The van der Waals surface area contributed by atoms with Crippen LogP contribution in [0.4, 0.5) is 0 Å². The molecule has 2 aromatic carbocycles. The van der Waals surface area contributed by atoms with Gasteiger partial charge < -0.3 is 4.90 Å². The zero-order valence-electron chi connectivity index (χ0n) is 19.8. The molecule has 1 atom stereocenters. The molecule has 0 bridgehead atoms. The maximum atomic E-state index is 4.50. The van der Waals surface area contributed by atoms with Crippen LogP contribution in [0.3, 0.4) is 0 Å². The van der Waals surface area contributed by atoms with Gasteiger partial charge in [-0.1, -0.05) is 76.8 Å². The Morgan fingerprint density at radius 1 is 1.06 bits per heavy atom. The zero-order valence-corrected chi connectivity index (χ0v) is 19.8. The molecule has 0 N–H and O–H groups in total. The number of allylic oxidation sites excluding steroid dienone is 2. The van der Waals surface area contributed by atoms with Gasteiger partial charge in [0.05, 0.1) is 6.34 Å². The summed E-state index contributed by atoms with van der Waals surface area (Å²) in [5, 5.41) is 0. The third-order valence-electron chi connectivity index (χ3n) is 7.27. The number of aryl methyl sites for hydroxylation is 1. The fraction of sp³-hybridized carbons (Fsp3) is 0.414. The van der Waals surface area contributed by atoms with E-state index in [2.05, 4.69) is 99.6 Å². The van der Waals surface area contributed by atoms with E-state index in [-0.39, 0.29) is 10.8 Å². The zero-order chi connectivity index (χ0) is 22.2. The first-order chi connectivity index (χ1) is 14.7. The first kappa shape index (κ1) is 21.6. The molecule has 0 fully saturated rings. The molecule has 2 aromatic rings. The van der Waals surface area contributed by atoms with Crippen LogP contribution in [0.15, 0.2) is 60.1 Å². The van der Waals surface area contributed by atoms with Crippen molar-refractivity contribution in [1.82, 2.24) is 4.90 Å². The van der Waals surface area contributed by atoms with Crippen molar-refractivity contribution in [2.45, 2.75) is 64.8 Å². The molecular weight excluding hydrogens is 376 g/mol. The van der Waals surface area contributed by atoms with Gasteiger partial charge in [0, 0.05) is 30.5 Å². The van der Waals surface area contributed by atoms with Gasteiger partial charge in [-0.25, -0.2) is 0 Å². The molecule has 1 heterocycles. The van der Waals surface area contributed by atoms with E-state index in [0.29, 0.717) is 0 Å². The maximum Gasteiger partial charge on any atom is 0.0852 e. The molecule has 2 aliphatic rings. The molecule has 0 amide bonds. The molecule has 0 saturated carbocycles. The predicted molar refractivity (Wildman–Crippen MR) is 134 cm³/mol. The highest BCUT2D eigenvalue weighted by molar-refractivity contribution is 5.81. The number of benzene rings is 2. The Morgan fingerprint density at radius 2 is 1.81 bits per heavy atom. The van der Waals surface area contributed by atoms with E-state index in [1.54, 1.807) is 0 Å². The van der Waals surface area contributed by atoms with Gasteiger partial charge in [-0.2, -0.15) is 0 Å². The molecule has 162 valence electrons. The summed E-state index contributed by atoms with van der Waals surface area (Å²) in [6, 6.07) is 13.7. The fourth-order valence-corrected chi connectivity index (χ4v) is 4.84. The Labute approximate surface area is 188 Å². The minimum absolute atomic E-state index is 0.0343. The Bertz CT molecular complexity index is 1040. The number of hydrogen-bond acceptors (Lipinski definition) is 2. The second-order valence-corrected chi connectivity index (χ2v) is 10.1. The lowest BCUT2D eigenvalue weighted by atomic mass is 9.65. The molecule has 0 radical (unpaired) electrons. The molecule has 2 nitrogen and oxygen atoms in total. The summed E-state index contributed by atoms with van der Waals surface area (Å²) in [5.74, 6) is 0. The van der Waals surface area contributed by atoms with E-state index in [4.69, 9.17) is 0 Å². The molecule has 0 spiro atoms. The molecule has 1 aliphatic carbocycles. The number of aliphatic imine (C=N–C) groups is 1. The van der Waals surface area contributed by atoms with E-state index in [1.165, 1.54) is 33.4 Å². The van der Waals surface area contributed by atoms with Crippen LogP contribution >= 0.6 is 0 Å². The Hall–Kier alpha value is -2.61. The van der Waals surface area contributed by atoms with Crippen molar-refractivity contribution in [2.75, 3.05) is 13.1 Å². The van der Waals surface area contributed by atoms with Crippen molar-refractivity contribution >= 4 is 11.9 Å². The molecule has 1 unspecified atom stereocenters. The lowest BCUT2D eigenvalue weighted by Gasteiger charge is -2.39. The normalized spacial score (nSPS) is 21.8. The van der Waals surface area contributed by atoms with E-state index >= 15 is 0 Å². The van der Waals surface area contributed by atoms with Gasteiger partial charge in [0.15, 0.2) is 0 Å². The van der Waals surface area contributed by atoms with Crippen LogP contribution in [-0.2, 0) is 17.4 Å². The van der Waals surface area contributed by atoms with Gasteiger partial charge in [0.25, 0.3) is 0 Å². The first-order valence-corrected chi connectivity index (χ1v) is 11.6. The van der Waals surface area contributed by atoms with Crippen LogP contribution < -0.4 is 0 Å². The minimum atomic E-state index is 0.0343. The van der Waals surface area contributed by atoms with Crippen molar-refractivity contribution in [2.24, 2.45) is 4.99 Å². The molecule has 1 aliphatic heterocycles. The van der Waals surface area contributed by atoms with E-state index in [1.807, 2.05) is 6.34 Å². The third kappa shape index (κ3) is 4.13. The standard InChI is InChI=1S/C29H36N2/c1-7-29(6)14-13-28(4,5)26-18-25(21(2)17-27(26)29)22(3)24-11-9-23(10-12-24)19-31-16-8-15-30-20-31/h9-14,17-18,20H,3,7-8,15-16,19H2,1-2,4-6H3. The van der Waals surface area contributed by atoms with Crippen molar-refractivity contribution in [3.8, 4) is 0 Å². The summed E-state index contributed by atoms with van der Waals surface area (Å²) in [6.07, 6.45) is 9.04. The van der Waals surface area contributed by atoms with Gasteiger partial charge in [-0.05, 0) is 64.8 Å². The highest BCUT2D eigenvalue weighted by Gasteiger charge is 2.35. The number of fused-ring (bicyclic) bond motifs is 1. The summed E-state index contributed by atoms with van der Waals surface area (Å²) in [5.41, 5.74) is 9.23. The summed E-state index contributed by atoms with van der Waals surface area (Å²) >= 11 is 0. The molecule has 0 aromatic heterocycles. The summed E-state index contributed by atoms with van der Waals surface area (Å²) in [6.45, 7) is 19.0. The van der Waals surface area contributed by atoms with Gasteiger partial charge >= 0.3 is 0 Å². The Morgan fingerprint density at radius 3 is 2.45 bits per heavy atom. The number of hydrogen-bond donors (Lipinski definition) is 0. The monoisotopic (exact) mass is 412 g/mol. The van der Waals surface area contributed by atoms with Crippen LogP contribution in [0.25, 0.3) is 5.57 Å². The van der Waals surface area contributed by atoms with Gasteiger partial charge in [-0.3, -0.25) is 4.99 Å². The molecule has 31 heavy (non-hydrogen) atoms. The Kier molecular flexibility index (Phi) is 5.68. The highest BCUT2D eigenvalue weighted by Crippen LogP contribution is 2.45. The predicted octanol–water partition coefficient (Wildman–Crippen LogP) is 6.81. The van der Waals surface area contributed by atoms with Crippen molar-refractivity contribution in [3.63, 3.8) is 0 Å². The highest BCUT2D eigenvalue weighted by atomic mass is 15.2. The minimum Gasteiger partial charge on any atom is -0.359 e. The summed E-state index contributed by atoms with van der Waals surface area (Å²) in [7, 11) is 0. The van der Waals surface area contributed by atoms with E-state index < -0.39 is 0 Å². The fourth-order valence-electron chi connectivity index (χ4n) is 4.84. The Balaban J connectivity index is 1.63. The van der Waals surface area contributed by atoms with Gasteiger partial charge in [0.2, 0.25) is 0 Å². The van der Waals surface area contributed by atoms with Crippen molar-refractivity contribution in [1.29, 1.82) is 0 Å². The third-order valence-corrected chi connectivity index (χ3v) is 7.27. The van der Waals surface area contributed by atoms with Gasteiger partial charge in [-0.15, -0.1) is 0 Å². The maximum absolute atomic E-state index is 4.50.